The van der Waals surface area contributed by atoms with Gasteiger partial charge in [-0.1, -0.05) is 35.0 Å². The van der Waals surface area contributed by atoms with Crippen LogP contribution in [0.2, 0.25) is 0 Å². The van der Waals surface area contributed by atoms with Crippen LogP contribution < -0.4 is 5.32 Å². The number of carbonyl (C=O) groups is 1. The van der Waals surface area contributed by atoms with E-state index in [9.17, 15) is 4.79 Å². The van der Waals surface area contributed by atoms with Crippen molar-refractivity contribution in [2.24, 2.45) is 0 Å². The first-order chi connectivity index (χ1) is 11.5. The van der Waals surface area contributed by atoms with Crippen molar-refractivity contribution in [2.75, 3.05) is 0 Å². The van der Waals surface area contributed by atoms with Crippen LogP contribution >= 0.6 is 0 Å². The quantitative estimate of drug-likeness (QED) is 0.797. The van der Waals surface area contributed by atoms with Crippen LogP contribution in [0.15, 0.2) is 47.0 Å². The second-order valence-corrected chi connectivity index (χ2v) is 5.86. The number of nitrogens with zero attached hydrogens (tertiary/aromatic N) is 2. The van der Waals surface area contributed by atoms with Crippen molar-refractivity contribution in [2.45, 2.75) is 27.3 Å². The summed E-state index contributed by atoms with van der Waals surface area (Å²) < 4.78 is 5.21. The molecular formula is C19H19N3O2. The summed E-state index contributed by atoms with van der Waals surface area (Å²) in [6.07, 6.45) is 0. The lowest BCUT2D eigenvalue weighted by molar-refractivity contribution is 0.0946. The number of benzene rings is 2. The largest absolute Gasteiger partial charge is 0.343 e. The zero-order valence-electron chi connectivity index (χ0n) is 14.0. The van der Waals surface area contributed by atoms with Gasteiger partial charge in [-0.15, -0.1) is 0 Å². The van der Waals surface area contributed by atoms with Gasteiger partial charge in [-0.05, 0) is 50.1 Å². The lowest BCUT2D eigenvalue weighted by Gasteiger charge is -2.05. The average molecular weight is 321 g/mol. The summed E-state index contributed by atoms with van der Waals surface area (Å²) in [4.78, 5) is 16.5. The molecule has 3 rings (SSSR count). The summed E-state index contributed by atoms with van der Waals surface area (Å²) in [6, 6.07) is 13.5. The summed E-state index contributed by atoms with van der Waals surface area (Å²) in [5.74, 6) is 0.742. The van der Waals surface area contributed by atoms with E-state index in [1.807, 2.05) is 63.2 Å². The molecule has 1 N–H and O–H groups in total. The summed E-state index contributed by atoms with van der Waals surface area (Å²) >= 11 is 0. The highest BCUT2D eigenvalue weighted by Crippen LogP contribution is 2.17. The van der Waals surface area contributed by atoms with Crippen LogP contribution in [0.5, 0.6) is 0 Å². The number of aromatic nitrogens is 2. The fourth-order valence-electron chi connectivity index (χ4n) is 2.37. The van der Waals surface area contributed by atoms with Gasteiger partial charge in [0.05, 0.1) is 6.54 Å². The molecule has 0 fully saturated rings. The normalized spacial score (nSPS) is 10.6. The van der Waals surface area contributed by atoms with Crippen molar-refractivity contribution >= 4 is 5.91 Å². The Morgan fingerprint density at radius 1 is 1.08 bits per heavy atom. The molecule has 5 heteroatoms. The molecule has 3 aromatic rings. The molecule has 122 valence electrons. The van der Waals surface area contributed by atoms with Crippen molar-refractivity contribution < 1.29 is 9.32 Å². The second-order valence-electron chi connectivity index (χ2n) is 5.86. The lowest BCUT2D eigenvalue weighted by Crippen LogP contribution is -2.23. The second kappa shape index (κ2) is 6.66. The zero-order valence-corrected chi connectivity index (χ0v) is 14.0. The Balaban J connectivity index is 1.67. The minimum atomic E-state index is -0.159. The molecule has 0 unspecified atom stereocenters. The summed E-state index contributed by atoms with van der Waals surface area (Å²) in [6.45, 7) is 6.21. The molecule has 0 radical (unpaired) electrons. The highest BCUT2D eigenvalue weighted by atomic mass is 16.5. The predicted molar refractivity (Wildman–Crippen MR) is 91.6 cm³/mol. The number of carbonyl (C=O) groups excluding carboxylic acids is 1. The minimum Gasteiger partial charge on any atom is -0.343 e. The Morgan fingerprint density at radius 2 is 1.92 bits per heavy atom. The number of aryl methyl sites for hydroxylation is 3. The Bertz CT molecular complexity index is 884. The molecule has 2 aromatic carbocycles. The standard InChI is InChI=1S/C19H19N3O2/c1-12-5-4-6-15(9-12)18-21-17(24-22-18)11-20-19(23)16-8-7-13(2)14(3)10-16/h4-10H,11H2,1-3H3,(H,20,23). The average Bonchev–Trinajstić information content (AvgIpc) is 3.04. The van der Waals surface area contributed by atoms with Crippen LogP contribution in [0.3, 0.4) is 0 Å². The first-order valence-electron chi connectivity index (χ1n) is 7.78. The lowest BCUT2D eigenvalue weighted by atomic mass is 10.1. The maximum absolute atomic E-state index is 12.2. The fraction of sp³-hybridized carbons (Fsp3) is 0.211. The maximum atomic E-state index is 12.2. The van der Waals surface area contributed by atoms with Crippen LogP contribution in [0, 0.1) is 20.8 Å². The number of nitrogens with one attached hydrogen (secondary N) is 1. The predicted octanol–water partition coefficient (Wildman–Crippen LogP) is 3.59. The number of hydrogen-bond donors (Lipinski definition) is 1. The van der Waals surface area contributed by atoms with E-state index in [1.54, 1.807) is 0 Å². The molecule has 0 bridgehead atoms. The smallest absolute Gasteiger partial charge is 0.251 e. The van der Waals surface area contributed by atoms with Crippen molar-refractivity contribution in [3.05, 3.63) is 70.6 Å². The minimum absolute atomic E-state index is 0.159. The van der Waals surface area contributed by atoms with Gasteiger partial charge in [0, 0.05) is 11.1 Å². The Morgan fingerprint density at radius 3 is 2.67 bits per heavy atom. The molecule has 0 aliphatic rings. The molecule has 1 amide bonds. The third-order valence-corrected chi connectivity index (χ3v) is 3.91. The van der Waals surface area contributed by atoms with Crippen LogP contribution in [0.1, 0.15) is 32.9 Å². The van der Waals surface area contributed by atoms with E-state index in [4.69, 9.17) is 4.52 Å². The van der Waals surface area contributed by atoms with E-state index in [1.165, 1.54) is 0 Å². The van der Waals surface area contributed by atoms with Gasteiger partial charge in [-0.3, -0.25) is 4.79 Å². The van der Waals surface area contributed by atoms with Gasteiger partial charge < -0.3 is 9.84 Å². The van der Waals surface area contributed by atoms with E-state index in [0.29, 0.717) is 17.3 Å². The van der Waals surface area contributed by atoms with Crippen molar-refractivity contribution in [3.8, 4) is 11.4 Å². The van der Waals surface area contributed by atoms with E-state index in [0.717, 1.165) is 22.3 Å². The third-order valence-electron chi connectivity index (χ3n) is 3.91. The monoisotopic (exact) mass is 321 g/mol. The van der Waals surface area contributed by atoms with Crippen molar-refractivity contribution in [1.82, 2.24) is 15.5 Å². The molecule has 5 nitrogen and oxygen atoms in total. The maximum Gasteiger partial charge on any atom is 0.251 e. The summed E-state index contributed by atoms with van der Waals surface area (Å²) in [5.41, 5.74) is 4.89. The SMILES string of the molecule is Cc1cccc(-c2noc(CNC(=O)c3ccc(C)c(C)c3)n2)c1. The molecule has 0 saturated heterocycles. The summed E-state index contributed by atoms with van der Waals surface area (Å²) in [7, 11) is 0. The molecule has 0 aliphatic carbocycles. The van der Waals surface area contributed by atoms with Crippen molar-refractivity contribution in [3.63, 3.8) is 0 Å². The van der Waals surface area contributed by atoms with Crippen molar-refractivity contribution in [1.29, 1.82) is 0 Å². The number of rotatable bonds is 4. The topological polar surface area (TPSA) is 68.0 Å². The van der Waals surface area contributed by atoms with Crippen LogP contribution in [-0.2, 0) is 6.54 Å². The van der Waals surface area contributed by atoms with E-state index in [-0.39, 0.29) is 12.5 Å². The van der Waals surface area contributed by atoms with Gasteiger partial charge in [0.15, 0.2) is 0 Å². The van der Waals surface area contributed by atoms with Crippen LogP contribution in [0.25, 0.3) is 11.4 Å². The molecule has 0 saturated carbocycles. The number of hydrogen-bond acceptors (Lipinski definition) is 4. The molecule has 1 aromatic heterocycles. The highest BCUT2D eigenvalue weighted by Gasteiger charge is 2.11. The van der Waals surface area contributed by atoms with Gasteiger partial charge in [-0.25, -0.2) is 0 Å². The first-order valence-corrected chi connectivity index (χ1v) is 7.78. The zero-order chi connectivity index (χ0) is 17.1. The molecule has 0 atom stereocenters. The van der Waals surface area contributed by atoms with Gasteiger partial charge in [0.1, 0.15) is 0 Å². The Hall–Kier alpha value is -2.95. The molecule has 1 heterocycles. The van der Waals surface area contributed by atoms with Gasteiger partial charge in [-0.2, -0.15) is 4.98 Å². The Labute approximate surface area is 140 Å². The highest BCUT2D eigenvalue weighted by molar-refractivity contribution is 5.94. The van der Waals surface area contributed by atoms with Gasteiger partial charge in [0.2, 0.25) is 11.7 Å². The van der Waals surface area contributed by atoms with Crippen LogP contribution in [0.4, 0.5) is 0 Å². The van der Waals surface area contributed by atoms with Gasteiger partial charge >= 0.3 is 0 Å². The van der Waals surface area contributed by atoms with E-state index < -0.39 is 0 Å². The van der Waals surface area contributed by atoms with Gasteiger partial charge in [0.25, 0.3) is 5.91 Å². The fourth-order valence-corrected chi connectivity index (χ4v) is 2.37. The van der Waals surface area contributed by atoms with E-state index in [2.05, 4.69) is 15.5 Å². The molecule has 0 aliphatic heterocycles. The first kappa shape index (κ1) is 15.9. The molecule has 0 spiro atoms. The number of amides is 1. The molecule has 24 heavy (non-hydrogen) atoms. The van der Waals surface area contributed by atoms with Crippen LogP contribution in [-0.4, -0.2) is 16.0 Å². The Kier molecular flexibility index (Phi) is 4.42. The van der Waals surface area contributed by atoms with E-state index >= 15 is 0 Å². The summed E-state index contributed by atoms with van der Waals surface area (Å²) in [5, 5.41) is 6.77. The molecular weight excluding hydrogens is 302 g/mol. The third kappa shape index (κ3) is 3.51.